The van der Waals surface area contributed by atoms with E-state index in [-0.39, 0.29) is 16.3 Å². The summed E-state index contributed by atoms with van der Waals surface area (Å²) in [6, 6.07) is 1.32. The van der Waals surface area contributed by atoms with Gasteiger partial charge < -0.3 is 10.1 Å². The molecule has 0 unspecified atom stereocenters. The number of hydrogen-bond donors (Lipinski definition) is 0. The normalized spacial score (nSPS) is 10.6. The van der Waals surface area contributed by atoms with Gasteiger partial charge in [-0.3, -0.25) is 0 Å². The number of halogens is 2. The molecule has 0 aliphatic carbocycles. The van der Waals surface area contributed by atoms with Crippen molar-refractivity contribution in [3.05, 3.63) is 27.9 Å². The maximum absolute atomic E-state index is 11.9. The molecule has 0 fully saturated rings. The van der Waals surface area contributed by atoms with E-state index in [1.54, 1.807) is 0 Å². The number of nitrogens with zero attached hydrogens (tertiary/aromatic N) is 2. The lowest BCUT2D eigenvalue weighted by atomic mass is 10.3. The fourth-order valence-corrected chi connectivity index (χ4v) is 1.46. The lowest BCUT2D eigenvalue weighted by Crippen LogP contribution is -1.95. The Morgan fingerprint density at radius 3 is 2.71 bits per heavy atom. The van der Waals surface area contributed by atoms with Crippen molar-refractivity contribution in [3.8, 4) is 0 Å². The van der Waals surface area contributed by atoms with Crippen LogP contribution in [0.4, 0.5) is 14.6 Å². The van der Waals surface area contributed by atoms with E-state index in [1.807, 2.05) is 0 Å². The highest BCUT2D eigenvalue weighted by Gasteiger charge is 2.14. The van der Waals surface area contributed by atoms with Gasteiger partial charge in [0.05, 0.1) is 4.90 Å². The quantitative estimate of drug-likeness (QED) is 0.446. The number of rotatable bonds is 3. The van der Waals surface area contributed by atoms with E-state index in [0.29, 0.717) is 11.8 Å². The van der Waals surface area contributed by atoms with E-state index in [9.17, 15) is 18.9 Å². The summed E-state index contributed by atoms with van der Waals surface area (Å²) in [4.78, 5) is 13.4. The Morgan fingerprint density at radius 1 is 1.64 bits per heavy atom. The molecule has 0 bridgehead atoms. The first kappa shape index (κ1) is 10.8. The third-order valence-electron chi connectivity index (χ3n) is 1.42. The maximum Gasteiger partial charge on any atom is 0.366 e. The predicted molar refractivity (Wildman–Crippen MR) is 47.5 cm³/mol. The Bertz CT molecular complexity index is 360. The molecule has 0 aromatic carbocycles. The molecule has 0 amide bonds. The standard InChI is InChI=1S/C7H6F2N2O2S/c1-4-2-5(14-7(8)9)3-10-6(4)11(12)13/h2-3,7H,1H3. The SMILES string of the molecule is Cc1cc(SC(F)F)cnc1[N+](=O)[O-]. The Labute approximate surface area is 82.5 Å². The Hall–Kier alpha value is -1.24. The van der Waals surface area contributed by atoms with E-state index < -0.39 is 10.7 Å². The molecule has 76 valence electrons. The van der Waals surface area contributed by atoms with Crippen molar-refractivity contribution >= 4 is 17.6 Å². The van der Waals surface area contributed by atoms with Crippen LogP contribution in [0.2, 0.25) is 0 Å². The zero-order valence-corrected chi connectivity index (χ0v) is 7.92. The van der Waals surface area contributed by atoms with Gasteiger partial charge in [-0.25, -0.2) is 0 Å². The summed E-state index contributed by atoms with van der Waals surface area (Å²) in [7, 11) is 0. The fraction of sp³-hybridized carbons (Fsp3) is 0.286. The summed E-state index contributed by atoms with van der Waals surface area (Å²) in [5.41, 5.74) is 0.278. The maximum atomic E-state index is 11.9. The van der Waals surface area contributed by atoms with Crippen molar-refractivity contribution in [1.29, 1.82) is 0 Å². The van der Waals surface area contributed by atoms with E-state index in [4.69, 9.17) is 0 Å². The van der Waals surface area contributed by atoms with Gasteiger partial charge in [0, 0.05) is 5.56 Å². The minimum atomic E-state index is -2.54. The van der Waals surface area contributed by atoms with E-state index in [2.05, 4.69) is 4.98 Å². The van der Waals surface area contributed by atoms with Crippen molar-refractivity contribution in [2.75, 3.05) is 0 Å². The first-order valence-corrected chi connectivity index (χ1v) is 4.44. The second kappa shape index (κ2) is 4.32. The lowest BCUT2D eigenvalue weighted by Gasteiger charge is -1.99. The molecule has 0 saturated carbocycles. The van der Waals surface area contributed by atoms with Crippen LogP contribution in [0.1, 0.15) is 5.56 Å². The smallest absolute Gasteiger partial charge is 0.358 e. The molecule has 0 spiro atoms. The number of pyridine rings is 1. The molecule has 0 aliphatic heterocycles. The summed E-state index contributed by atoms with van der Waals surface area (Å²) >= 11 is 0.315. The number of hydrogen-bond acceptors (Lipinski definition) is 4. The third-order valence-corrected chi connectivity index (χ3v) is 2.10. The average molecular weight is 220 g/mol. The highest BCUT2D eigenvalue weighted by Crippen LogP contribution is 2.27. The Kier molecular flexibility index (Phi) is 3.34. The van der Waals surface area contributed by atoms with Gasteiger partial charge in [0.2, 0.25) is 0 Å². The zero-order chi connectivity index (χ0) is 10.7. The molecule has 7 heteroatoms. The second-order valence-corrected chi connectivity index (χ2v) is 3.51. The van der Waals surface area contributed by atoms with Gasteiger partial charge in [-0.1, -0.05) is 11.8 Å². The second-order valence-electron chi connectivity index (χ2n) is 2.45. The largest absolute Gasteiger partial charge is 0.366 e. The monoisotopic (exact) mass is 220 g/mol. The molecule has 0 saturated heterocycles. The van der Waals surface area contributed by atoms with Crippen LogP contribution in [0.15, 0.2) is 17.2 Å². The molecule has 1 rings (SSSR count). The van der Waals surface area contributed by atoms with Crippen molar-refractivity contribution < 1.29 is 13.7 Å². The summed E-state index contributed by atoms with van der Waals surface area (Å²) in [6.07, 6.45) is 1.07. The fourth-order valence-electron chi connectivity index (χ4n) is 0.900. The number of aromatic nitrogens is 1. The van der Waals surface area contributed by atoms with Gasteiger partial charge >= 0.3 is 5.82 Å². The molecule has 1 heterocycles. The molecule has 1 aromatic rings. The molecule has 0 atom stereocenters. The minimum absolute atomic E-state index is 0.225. The van der Waals surface area contributed by atoms with Crippen LogP contribution in [-0.2, 0) is 0 Å². The number of aryl methyl sites for hydroxylation is 1. The van der Waals surface area contributed by atoms with Gasteiger partial charge in [-0.15, -0.1) is 0 Å². The average Bonchev–Trinajstić information content (AvgIpc) is 2.01. The lowest BCUT2D eigenvalue weighted by molar-refractivity contribution is -0.390. The highest BCUT2D eigenvalue weighted by atomic mass is 32.2. The number of thioether (sulfide) groups is 1. The summed E-state index contributed by atoms with van der Waals surface area (Å²) < 4.78 is 23.8. The molecule has 1 aromatic heterocycles. The van der Waals surface area contributed by atoms with Gasteiger partial charge in [0.1, 0.15) is 0 Å². The highest BCUT2D eigenvalue weighted by molar-refractivity contribution is 7.99. The Balaban J connectivity index is 2.94. The Morgan fingerprint density at radius 2 is 2.29 bits per heavy atom. The molecular formula is C7H6F2N2O2S. The van der Waals surface area contributed by atoms with E-state index in [1.165, 1.54) is 13.0 Å². The van der Waals surface area contributed by atoms with Gasteiger partial charge in [-0.05, 0) is 22.9 Å². The topological polar surface area (TPSA) is 56.0 Å². The first-order chi connectivity index (χ1) is 6.50. The molecule has 14 heavy (non-hydrogen) atoms. The van der Waals surface area contributed by atoms with Gasteiger partial charge in [-0.2, -0.15) is 8.78 Å². The van der Waals surface area contributed by atoms with Crippen LogP contribution in [-0.4, -0.2) is 15.7 Å². The van der Waals surface area contributed by atoms with Gasteiger partial charge in [0.15, 0.2) is 6.20 Å². The molecule has 4 nitrogen and oxygen atoms in total. The number of alkyl halides is 2. The van der Waals surface area contributed by atoms with Crippen LogP contribution in [0.5, 0.6) is 0 Å². The zero-order valence-electron chi connectivity index (χ0n) is 7.11. The molecule has 0 radical (unpaired) electrons. The first-order valence-electron chi connectivity index (χ1n) is 3.56. The van der Waals surface area contributed by atoms with Crippen molar-refractivity contribution in [2.24, 2.45) is 0 Å². The molecule has 0 N–H and O–H groups in total. The van der Waals surface area contributed by atoms with Crippen LogP contribution < -0.4 is 0 Å². The van der Waals surface area contributed by atoms with Crippen molar-refractivity contribution in [3.63, 3.8) is 0 Å². The third kappa shape index (κ3) is 2.63. The van der Waals surface area contributed by atoms with Gasteiger partial charge in [0.25, 0.3) is 5.76 Å². The number of nitro groups is 1. The predicted octanol–water partition coefficient (Wildman–Crippen LogP) is 2.61. The van der Waals surface area contributed by atoms with Crippen LogP contribution in [0.25, 0.3) is 0 Å². The van der Waals surface area contributed by atoms with E-state index >= 15 is 0 Å². The molecular weight excluding hydrogens is 214 g/mol. The van der Waals surface area contributed by atoms with Crippen LogP contribution in [0, 0.1) is 17.0 Å². The summed E-state index contributed by atoms with van der Waals surface area (Å²) in [6.45, 7) is 1.46. The summed E-state index contributed by atoms with van der Waals surface area (Å²) in [5.74, 6) is -2.85. The molecule has 0 aliphatic rings. The van der Waals surface area contributed by atoms with E-state index in [0.717, 1.165) is 6.20 Å². The van der Waals surface area contributed by atoms with Crippen molar-refractivity contribution in [2.45, 2.75) is 17.6 Å². The van der Waals surface area contributed by atoms with Crippen molar-refractivity contribution in [1.82, 2.24) is 4.98 Å². The van der Waals surface area contributed by atoms with Crippen LogP contribution >= 0.6 is 11.8 Å². The minimum Gasteiger partial charge on any atom is -0.358 e. The summed E-state index contributed by atoms with van der Waals surface area (Å²) in [5, 5.41) is 10.3. The van der Waals surface area contributed by atoms with Crippen LogP contribution in [0.3, 0.4) is 0 Å².